The molecule has 0 bridgehead atoms. The zero-order valence-corrected chi connectivity index (χ0v) is 17.7. The van der Waals surface area contributed by atoms with Gasteiger partial charge in [-0.05, 0) is 25.0 Å². The first-order valence-electron chi connectivity index (χ1n) is 10.5. The van der Waals surface area contributed by atoms with Gasteiger partial charge in [-0.2, -0.15) is 0 Å². The molecular weight excluding hydrogens is 432 g/mol. The predicted octanol–water partition coefficient (Wildman–Crippen LogP) is 2.49. The van der Waals surface area contributed by atoms with Crippen LogP contribution in [0.15, 0.2) is 42.7 Å². The molecule has 3 N–H and O–H groups in total. The van der Waals surface area contributed by atoms with Crippen molar-refractivity contribution in [2.45, 2.75) is 30.3 Å². The molecule has 2 atom stereocenters. The van der Waals surface area contributed by atoms with E-state index in [1.165, 1.54) is 7.11 Å². The molecule has 10 heteroatoms. The van der Waals surface area contributed by atoms with Crippen LogP contribution in [-0.2, 0) is 10.3 Å². The Morgan fingerprint density at radius 1 is 1.21 bits per heavy atom. The monoisotopic (exact) mass is 453 g/mol. The van der Waals surface area contributed by atoms with Crippen LogP contribution >= 0.6 is 0 Å². The standard InChI is InChI=1S/C23H21F2N5O3/c1-33-13-8-15(24)19(16(25)9-13)14-10-27-21(31)20(14)29-22(32)30-23(5-6-23)18-3-2-12-4-7-26-11-17(12)28-18/h2-4,7-9,11,14,20H,5-6,10H2,1H3,(H,27,31)(H2,29,30,32)/t14-,20?/m0/s1. The predicted molar refractivity (Wildman–Crippen MR) is 115 cm³/mol. The SMILES string of the molecule is COc1cc(F)c([C@@H]2CNC(=O)C2NC(=O)NC2(c3ccc4ccncc4n3)CC2)c(F)c1. The highest BCUT2D eigenvalue weighted by Crippen LogP contribution is 2.45. The average Bonchev–Trinajstić information content (AvgIpc) is 3.51. The Balaban J connectivity index is 1.35. The Labute approximate surface area is 187 Å². The Morgan fingerprint density at radius 3 is 2.67 bits per heavy atom. The summed E-state index contributed by atoms with van der Waals surface area (Å²) in [5, 5.41) is 9.00. The number of pyridine rings is 2. The van der Waals surface area contributed by atoms with Crippen molar-refractivity contribution in [1.82, 2.24) is 25.9 Å². The normalized spacial score (nSPS) is 20.9. The van der Waals surface area contributed by atoms with Gasteiger partial charge in [0, 0.05) is 41.7 Å². The van der Waals surface area contributed by atoms with E-state index < -0.39 is 41.1 Å². The first kappa shape index (κ1) is 21.0. The number of urea groups is 1. The lowest BCUT2D eigenvalue weighted by atomic mass is 9.93. The third kappa shape index (κ3) is 3.81. The van der Waals surface area contributed by atoms with Crippen molar-refractivity contribution in [2.24, 2.45) is 0 Å². The molecular formula is C23H21F2N5O3. The molecule has 3 amide bonds. The maximum absolute atomic E-state index is 14.6. The number of carbonyl (C=O) groups is 2. The average molecular weight is 453 g/mol. The second-order valence-corrected chi connectivity index (χ2v) is 8.28. The number of aromatic nitrogens is 2. The van der Waals surface area contributed by atoms with Crippen LogP contribution in [0.2, 0.25) is 0 Å². The van der Waals surface area contributed by atoms with Crippen LogP contribution < -0.4 is 20.7 Å². The van der Waals surface area contributed by atoms with Crippen LogP contribution in [0.1, 0.15) is 30.0 Å². The molecule has 2 aliphatic rings. The highest BCUT2D eigenvalue weighted by molar-refractivity contribution is 5.90. The maximum Gasteiger partial charge on any atom is 0.316 e. The summed E-state index contributed by atoms with van der Waals surface area (Å²) in [6, 6.07) is 5.98. The smallest absolute Gasteiger partial charge is 0.316 e. The Kier molecular flexibility index (Phi) is 5.07. The number of ether oxygens (including phenoxy) is 1. The number of amides is 3. The van der Waals surface area contributed by atoms with E-state index in [2.05, 4.69) is 25.9 Å². The first-order valence-corrected chi connectivity index (χ1v) is 10.5. The van der Waals surface area contributed by atoms with Gasteiger partial charge in [-0.1, -0.05) is 6.07 Å². The number of nitrogens with one attached hydrogen (secondary N) is 3. The molecule has 1 unspecified atom stereocenters. The molecule has 33 heavy (non-hydrogen) atoms. The van der Waals surface area contributed by atoms with Gasteiger partial charge < -0.3 is 20.7 Å². The molecule has 0 spiro atoms. The number of fused-ring (bicyclic) bond motifs is 1. The fourth-order valence-corrected chi connectivity index (χ4v) is 4.29. The molecule has 5 rings (SSSR count). The molecule has 1 saturated heterocycles. The Hall–Kier alpha value is -3.82. The summed E-state index contributed by atoms with van der Waals surface area (Å²) >= 11 is 0. The van der Waals surface area contributed by atoms with Crippen LogP contribution in [0.25, 0.3) is 10.9 Å². The van der Waals surface area contributed by atoms with Gasteiger partial charge in [0.15, 0.2) is 0 Å². The Morgan fingerprint density at radius 2 is 1.97 bits per heavy atom. The summed E-state index contributed by atoms with van der Waals surface area (Å²) in [6.45, 7) is -0.00563. The van der Waals surface area contributed by atoms with E-state index in [0.29, 0.717) is 24.1 Å². The van der Waals surface area contributed by atoms with Crippen LogP contribution in [-0.4, -0.2) is 41.6 Å². The number of benzene rings is 1. The molecule has 8 nitrogen and oxygen atoms in total. The third-order valence-corrected chi connectivity index (χ3v) is 6.21. The van der Waals surface area contributed by atoms with Crippen LogP contribution in [0.3, 0.4) is 0 Å². The van der Waals surface area contributed by atoms with E-state index in [9.17, 15) is 18.4 Å². The van der Waals surface area contributed by atoms with Gasteiger partial charge in [0.05, 0.1) is 30.1 Å². The summed E-state index contributed by atoms with van der Waals surface area (Å²) < 4.78 is 34.1. The number of halogens is 2. The zero-order valence-electron chi connectivity index (χ0n) is 17.7. The second-order valence-electron chi connectivity index (χ2n) is 8.28. The second kappa shape index (κ2) is 7.95. The van der Waals surface area contributed by atoms with Gasteiger partial charge in [0.2, 0.25) is 5.91 Å². The van der Waals surface area contributed by atoms with E-state index in [1.807, 2.05) is 18.2 Å². The van der Waals surface area contributed by atoms with Crippen LogP contribution in [0, 0.1) is 11.6 Å². The molecule has 0 radical (unpaired) electrons. The molecule has 3 aromatic rings. The van der Waals surface area contributed by atoms with Gasteiger partial charge in [-0.25, -0.2) is 18.6 Å². The van der Waals surface area contributed by atoms with Crippen molar-refractivity contribution < 1.29 is 23.1 Å². The van der Waals surface area contributed by atoms with Crippen molar-refractivity contribution in [2.75, 3.05) is 13.7 Å². The number of nitrogens with zero attached hydrogens (tertiary/aromatic N) is 2. The largest absolute Gasteiger partial charge is 0.497 e. The molecule has 1 aromatic carbocycles. The molecule has 2 fully saturated rings. The molecule has 170 valence electrons. The van der Waals surface area contributed by atoms with E-state index in [4.69, 9.17) is 4.74 Å². The Bertz CT molecular complexity index is 1240. The van der Waals surface area contributed by atoms with E-state index in [-0.39, 0.29) is 17.9 Å². The van der Waals surface area contributed by atoms with Crippen molar-refractivity contribution in [3.05, 3.63) is 65.6 Å². The van der Waals surface area contributed by atoms with Crippen molar-refractivity contribution in [3.8, 4) is 5.75 Å². The number of carbonyl (C=O) groups excluding carboxylic acids is 2. The van der Waals surface area contributed by atoms with E-state index in [0.717, 1.165) is 17.5 Å². The number of hydrogen-bond acceptors (Lipinski definition) is 5. The lowest BCUT2D eigenvalue weighted by Crippen LogP contribution is -2.50. The van der Waals surface area contributed by atoms with Gasteiger partial charge >= 0.3 is 6.03 Å². The van der Waals surface area contributed by atoms with Gasteiger partial charge in [-0.15, -0.1) is 0 Å². The summed E-state index contributed by atoms with van der Waals surface area (Å²) in [4.78, 5) is 33.9. The lowest BCUT2D eigenvalue weighted by molar-refractivity contribution is -0.120. The first-order chi connectivity index (χ1) is 15.9. The number of rotatable bonds is 5. The lowest BCUT2D eigenvalue weighted by Gasteiger charge is -2.23. The van der Waals surface area contributed by atoms with E-state index >= 15 is 0 Å². The van der Waals surface area contributed by atoms with Crippen molar-refractivity contribution in [3.63, 3.8) is 0 Å². The minimum absolute atomic E-state index is 0.00563. The summed E-state index contributed by atoms with van der Waals surface area (Å²) in [7, 11) is 1.30. The highest BCUT2D eigenvalue weighted by atomic mass is 19.1. The fourth-order valence-electron chi connectivity index (χ4n) is 4.29. The third-order valence-electron chi connectivity index (χ3n) is 6.21. The number of hydrogen-bond donors (Lipinski definition) is 3. The zero-order chi connectivity index (χ0) is 23.2. The van der Waals surface area contributed by atoms with Gasteiger partial charge in [0.1, 0.15) is 23.4 Å². The maximum atomic E-state index is 14.6. The molecule has 1 aliphatic heterocycles. The topological polar surface area (TPSA) is 105 Å². The minimum Gasteiger partial charge on any atom is -0.497 e. The summed E-state index contributed by atoms with van der Waals surface area (Å²) in [6.07, 6.45) is 4.70. The molecule has 3 heterocycles. The molecule has 1 saturated carbocycles. The van der Waals surface area contributed by atoms with Crippen molar-refractivity contribution >= 4 is 22.8 Å². The molecule has 2 aromatic heterocycles. The van der Waals surface area contributed by atoms with Gasteiger partial charge in [-0.3, -0.25) is 9.78 Å². The van der Waals surface area contributed by atoms with Crippen molar-refractivity contribution in [1.29, 1.82) is 0 Å². The van der Waals surface area contributed by atoms with Crippen LogP contribution in [0.4, 0.5) is 13.6 Å². The van der Waals surface area contributed by atoms with E-state index in [1.54, 1.807) is 12.4 Å². The summed E-state index contributed by atoms with van der Waals surface area (Å²) in [5.74, 6) is -3.07. The minimum atomic E-state index is -1.13. The highest BCUT2D eigenvalue weighted by Gasteiger charge is 2.48. The quantitative estimate of drug-likeness (QED) is 0.551. The summed E-state index contributed by atoms with van der Waals surface area (Å²) in [5.41, 5.74) is 0.473. The fraction of sp³-hybridized carbons (Fsp3) is 0.304. The molecule has 1 aliphatic carbocycles. The van der Waals surface area contributed by atoms with Crippen LogP contribution in [0.5, 0.6) is 5.75 Å². The van der Waals surface area contributed by atoms with Gasteiger partial charge in [0.25, 0.3) is 0 Å². The number of methoxy groups -OCH3 is 1.